The van der Waals surface area contributed by atoms with Crippen molar-refractivity contribution in [1.29, 1.82) is 0 Å². The molecule has 3 N–H and O–H groups in total. The highest BCUT2D eigenvalue weighted by molar-refractivity contribution is 5.82. The zero-order chi connectivity index (χ0) is 12.7. The molecule has 1 aliphatic carbocycles. The van der Waals surface area contributed by atoms with Crippen LogP contribution in [0.15, 0.2) is 0 Å². The van der Waals surface area contributed by atoms with Gasteiger partial charge >= 0.3 is 0 Å². The SMILES string of the molecule is CCC(C)[C@H](N)C(=O)NC1C(C)(C)C1(C)C. The minimum absolute atomic E-state index is 0.00185. The Hall–Kier alpha value is -0.570. The van der Waals surface area contributed by atoms with Crippen LogP contribution in [0.4, 0.5) is 0 Å². The lowest BCUT2D eigenvalue weighted by atomic mass is 9.99. The predicted molar refractivity (Wildman–Crippen MR) is 66.9 cm³/mol. The molecule has 94 valence electrons. The van der Waals surface area contributed by atoms with E-state index in [0.717, 1.165) is 6.42 Å². The van der Waals surface area contributed by atoms with E-state index in [9.17, 15) is 4.79 Å². The van der Waals surface area contributed by atoms with Gasteiger partial charge in [0.1, 0.15) is 0 Å². The Bertz CT molecular complexity index is 270. The van der Waals surface area contributed by atoms with Crippen LogP contribution in [0.2, 0.25) is 0 Å². The van der Waals surface area contributed by atoms with Gasteiger partial charge in [-0.3, -0.25) is 4.79 Å². The third-order valence-corrected chi connectivity index (χ3v) is 4.87. The normalized spacial score (nSPS) is 25.9. The highest BCUT2D eigenvalue weighted by Gasteiger charge is 2.65. The molecule has 1 rings (SSSR count). The van der Waals surface area contributed by atoms with Gasteiger partial charge in [-0.15, -0.1) is 0 Å². The number of hydrogen-bond acceptors (Lipinski definition) is 2. The summed E-state index contributed by atoms with van der Waals surface area (Å²) in [4.78, 5) is 11.9. The van der Waals surface area contributed by atoms with Gasteiger partial charge in [0.25, 0.3) is 0 Å². The fourth-order valence-electron chi connectivity index (χ4n) is 2.31. The number of rotatable bonds is 4. The minimum atomic E-state index is -0.378. The third kappa shape index (κ3) is 1.97. The summed E-state index contributed by atoms with van der Waals surface area (Å²) in [7, 11) is 0. The Labute approximate surface area is 99.2 Å². The number of amides is 1. The lowest BCUT2D eigenvalue weighted by molar-refractivity contribution is -0.123. The fourth-order valence-corrected chi connectivity index (χ4v) is 2.31. The molecule has 1 fully saturated rings. The molecule has 0 saturated heterocycles. The van der Waals surface area contributed by atoms with E-state index >= 15 is 0 Å². The number of carbonyl (C=O) groups excluding carboxylic acids is 1. The van der Waals surface area contributed by atoms with Crippen LogP contribution in [-0.2, 0) is 4.79 Å². The molecule has 0 aromatic rings. The van der Waals surface area contributed by atoms with Gasteiger partial charge in [-0.2, -0.15) is 0 Å². The van der Waals surface area contributed by atoms with E-state index in [1.807, 2.05) is 6.92 Å². The Kier molecular flexibility index (Phi) is 3.39. The summed E-state index contributed by atoms with van der Waals surface area (Å²) in [6.45, 7) is 12.8. The summed E-state index contributed by atoms with van der Waals surface area (Å²) in [5, 5.41) is 3.09. The standard InChI is InChI=1S/C13H26N2O/c1-7-8(2)9(14)10(16)15-11-12(3,4)13(11,5)6/h8-9,11H,7,14H2,1-6H3,(H,15,16)/t8?,9-/m0/s1. The highest BCUT2D eigenvalue weighted by atomic mass is 16.2. The molecule has 1 unspecified atom stereocenters. The van der Waals surface area contributed by atoms with Crippen molar-refractivity contribution in [2.75, 3.05) is 0 Å². The maximum atomic E-state index is 11.9. The van der Waals surface area contributed by atoms with E-state index < -0.39 is 0 Å². The van der Waals surface area contributed by atoms with Gasteiger partial charge in [0.2, 0.25) is 5.91 Å². The highest BCUT2D eigenvalue weighted by Crippen LogP contribution is 2.62. The van der Waals surface area contributed by atoms with Gasteiger partial charge < -0.3 is 11.1 Å². The van der Waals surface area contributed by atoms with Crippen molar-refractivity contribution in [2.45, 2.75) is 60.0 Å². The zero-order valence-electron chi connectivity index (χ0n) is 11.4. The second kappa shape index (κ2) is 4.02. The lowest BCUT2D eigenvalue weighted by Crippen LogP contribution is -2.46. The van der Waals surface area contributed by atoms with E-state index in [1.54, 1.807) is 0 Å². The number of carbonyl (C=O) groups is 1. The maximum absolute atomic E-state index is 11.9. The molecule has 0 heterocycles. The van der Waals surface area contributed by atoms with Gasteiger partial charge in [0.15, 0.2) is 0 Å². The molecule has 16 heavy (non-hydrogen) atoms. The number of hydrogen-bond donors (Lipinski definition) is 2. The zero-order valence-corrected chi connectivity index (χ0v) is 11.4. The largest absolute Gasteiger partial charge is 0.351 e. The molecule has 0 radical (unpaired) electrons. The first kappa shape index (κ1) is 13.5. The average molecular weight is 226 g/mol. The van der Waals surface area contributed by atoms with Crippen LogP contribution in [0.5, 0.6) is 0 Å². The number of nitrogens with one attached hydrogen (secondary N) is 1. The lowest BCUT2D eigenvalue weighted by Gasteiger charge is -2.18. The summed E-state index contributed by atoms with van der Waals surface area (Å²) >= 11 is 0. The van der Waals surface area contributed by atoms with E-state index in [1.165, 1.54) is 0 Å². The van der Waals surface area contributed by atoms with Crippen molar-refractivity contribution in [3.05, 3.63) is 0 Å². The van der Waals surface area contributed by atoms with E-state index in [-0.39, 0.29) is 34.7 Å². The van der Waals surface area contributed by atoms with Crippen molar-refractivity contribution in [3.8, 4) is 0 Å². The van der Waals surface area contributed by atoms with Gasteiger partial charge in [-0.25, -0.2) is 0 Å². The molecule has 1 amide bonds. The Morgan fingerprint density at radius 2 is 1.75 bits per heavy atom. The van der Waals surface area contributed by atoms with Gasteiger partial charge in [0.05, 0.1) is 6.04 Å². The third-order valence-electron chi connectivity index (χ3n) is 4.87. The molecule has 2 atom stereocenters. The smallest absolute Gasteiger partial charge is 0.237 e. The molecule has 0 aliphatic heterocycles. The van der Waals surface area contributed by atoms with Crippen LogP contribution in [0.1, 0.15) is 48.0 Å². The molecule has 1 aliphatic rings. The van der Waals surface area contributed by atoms with Crippen molar-refractivity contribution in [2.24, 2.45) is 22.5 Å². The van der Waals surface area contributed by atoms with Crippen LogP contribution in [0.3, 0.4) is 0 Å². The summed E-state index contributed by atoms with van der Waals surface area (Å²) in [5.41, 5.74) is 6.27. The molecular weight excluding hydrogens is 200 g/mol. The molecule has 1 saturated carbocycles. The fraction of sp³-hybridized carbons (Fsp3) is 0.923. The Morgan fingerprint density at radius 1 is 1.31 bits per heavy atom. The first-order valence-corrected chi connectivity index (χ1v) is 6.22. The molecule has 0 aromatic heterocycles. The first-order chi connectivity index (χ1) is 7.16. The summed E-state index contributed by atoms with van der Waals surface area (Å²) in [6.07, 6.45) is 0.937. The molecule has 3 heteroatoms. The monoisotopic (exact) mass is 226 g/mol. The van der Waals surface area contributed by atoms with Crippen LogP contribution in [0, 0.1) is 16.7 Å². The van der Waals surface area contributed by atoms with Crippen LogP contribution < -0.4 is 11.1 Å². The Balaban J connectivity index is 2.55. The minimum Gasteiger partial charge on any atom is -0.351 e. The topological polar surface area (TPSA) is 55.1 Å². The van der Waals surface area contributed by atoms with E-state index in [2.05, 4.69) is 39.9 Å². The quantitative estimate of drug-likeness (QED) is 0.769. The molecule has 0 aromatic carbocycles. The predicted octanol–water partition coefficient (Wildman–Crippen LogP) is 1.91. The second-order valence-corrected chi connectivity index (χ2v) is 6.30. The molecule has 0 spiro atoms. The Morgan fingerprint density at radius 3 is 2.06 bits per heavy atom. The summed E-state index contributed by atoms with van der Waals surface area (Å²) < 4.78 is 0. The van der Waals surface area contributed by atoms with E-state index in [4.69, 9.17) is 5.73 Å². The summed E-state index contributed by atoms with van der Waals surface area (Å²) in [6, 6.07) is -0.125. The second-order valence-electron chi connectivity index (χ2n) is 6.30. The van der Waals surface area contributed by atoms with Crippen molar-refractivity contribution < 1.29 is 4.79 Å². The van der Waals surface area contributed by atoms with Crippen LogP contribution in [-0.4, -0.2) is 18.0 Å². The average Bonchev–Trinajstić information content (AvgIpc) is 2.58. The summed E-state index contributed by atoms with van der Waals surface area (Å²) in [5.74, 6) is 0.239. The van der Waals surface area contributed by atoms with Crippen LogP contribution >= 0.6 is 0 Å². The van der Waals surface area contributed by atoms with Crippen LogP contribution in [0.25, 0.3) is 0 Å². The van der Waals surface area contributed by atoms with E-state index in [0.29, 0.717) is 0 Å². The molecule has 3 nitrogen and oxygen atoms in total. The van der Waals surface area contributed by atoms with Crippen molar-refractivity contribution in [1.82, 2.24) is 5.32 Å². The van der Waals surface area contributed by atoms with Crippen molar-refractivity contribution >= 4 is 5.91 Å². The molecule has 0 bridgehead atoms. The van der Waals surface area contributed by atoms with Crippen molar-refractivity contribution in [3.63, 3.8) is 0 Å². The van der Waals surface area contributed by atoms with Gasteiger partial charge in [0, 0.05) is 6.04 Å². The maximum Gasteiger partial charge on any atom is 0.237 e. The first-order valence-electron chi connectivity index (χ1n) is 6.22. The van der Waals surface area contributed by atoms with Gasteiger partial charge in [-0.05, 0) is 16.7 Å². The molecular formula is C13H26N2O. The van der Waals surface area contributed by atoms with Gasteiger partial charge in [-0.1, -0.05) is 48.0 Å². The number of nitrogens with two attached hydrogens (primary N) is 1.